The smallest absolute Gasteiger partial charge is 0.329 e. The van der Waals surface area contributed by atoms with Crippen LogP contribution in [0.1, 0.15) is 40.1 Å². The first-order valence-electron chi connectivity index (χ1n) is 8.61. The number of carbonyl (C=O) groups excluding carboxylic acids is 3. The third-order valence-corrected chi connectivity index (χ3v) is 4.28. The average Bonchev–Trinajstić information content (AvgIpc) is 2.64. The lowest BCUT2D eigenvalue weighted by Gasteiger charge is -2.20. The van der Waals surface area contributed by atoms with E-state index >= 15 is 0 Å². The summed E-state index contributed by atoms with van der Waals surface area (Å²) >= 11 is 5.82. The molecular weight excluding hydrogens is 366 g/mol. The van der Waals surface area contributed by atoms with E-state index in [1.54, 1.807) is 50.2 Å². The summed E-state index contributed by atoms with van der Waals surface area (Å²) in [5.74, 6) is -1.56. The van der Waals surface area contributed by atoms with Crippen molar-refractivity contribution < 1.29 is 19.1 Å². The highest BCUT2D eigenvalue weighted by Gasteiger charge is 2.26. The molecule has 2 aromatic carbocycles. The molecule has 142 valence electrons. The summed E-state index contributed by atoms with van der Waals surface area (Å²) in [6.07, 6.45) is 0. The summed E-state index contributed by atoms with van der Waals surface area (Å²) in [5, 5.41) is 3.17. The second-order valence-corrected chi connectivity index (χ2v) is 7.04. The molecule has 1 amide bonds. The fourth-order valence-corrected chi connectivity index (χ4v) is 2.50. The molecule has 0 saturated carbocycles. The van der Waals surface area contributed by atoms with Crippen molar-refractivity contribution in [3.05, 3.63) is 70.2 Å². The molecule has 2 aromatic rings. The minimum atomic E-state index is -0.862. The highest BCUT2D eigenvalue weighted by atomic mass is 35.5. The third kappa shape index (κ3) is 5.93. The van der Waals surface area contributed by atoms with Crippen molar-refractivity contribution in [3.8, 4) is 0 Å². The molecule has 0 radical (unpaired) electrons. The molecule has 0 bridgehead atoms. The molecule has 0 saturated heterocycles. The zero-order chi connectivity index (χ0) is 20.0. The Hall–Kier alpha value is -2.66. The van der Waals surface area contributed by atoms with Crippen molar-refractivity contribution in [2.75, 3.05) is 6.61 Å². The van der Waals surface area contributed by atoms with Gasteiger partial charge in [0.15, 0.2) is 12.4 Å². The molecular formula is C21H22ClNO4. The predicted octanol–water partition coefficient (Wildman–Crippen LogP) is 3.83. The summed E-state index contributed by atoms with van der Waals surface area (Å²) < 4.78 is 5.14. The summed E-state index contributed by atoms with van der Waals surface area (Å²) in [7, 11) is 0. The number of hydrogen-bond donors (Lipinski definition) is 1. The Morgan fingerprint density at radius 3 is 2.07 bits per heavy atom. The predicted molar refractivity (Wildman–Crippen MR) is 104 cm³/mol. The largest absolute Gasteiger partial charge is 0.456 e. The number of rotatable bonds is 7. The van der Waals surface area contributed by atoms with Crippen LogP contribution in [0.15, 0.2) is 48.5 Å². The molecule has 0 spiro atoms. The normalized spacial score (nSPS) is 11.7. The minimum absolute atomic E-state index is 0.205. The van der Waals surface area contributed by atoms with Gasteiger partial charge in [-0.15, -0.1) is 0 Å². The number of ketones is 1. The van der Waals surface area contributed by atoms with Crippen LogP contribution in [-0.4, -0.2) is 30.3 Å². The fourth-order valence-electron chi connectivity index (χ4n) is 2.37. The number of amides is 1. The molecule has 27 heavy (non-hydrogen) atoms. The summed E-state index contributed by atoms with van der Waals surface area (Å²) in [5.41, 5.74) is 1.89. The first-order valence-corrected chi connectivity index (χ1v) is 8.98. The molecule has 0 aliphatic rings. The van der Waals surface area contributed by atoms with Crippen molar-refractivity contribution in [1.82, 2.24) is 5.32 Å². The van der Waals surface area contributed by atoms with Crippen molar-refractivity contribution in [2.24, 2.45) is 5.92 Å². The fraction of sp³-hybridized carbons (Fsp3) is 0.286. The number of hydrogen-bond acceptors (Lipinski definition) is 4. The Morgan fingerprint density at radius 2 is 1.52 bits per heavy atom. The van der Waals surface area contributed by atoms with Crippen LogP contribution >= 0.6 is 11.6 Å². The van der Waals surface area contributed by atoms with Gasteiger partial charge in [-0.2, -0.15) is 0 Å². The number of nitrogens with one attached hydrogen (secondary N) is 1. The lowest BCUT2D eigenvalue weighted by atomic mass is 10.0. The van der Waals surface area contributed by atoms with Crippen molar-refractivity contribution >= 4 is 29.3 Å². The van der Waals surface area contributed by atoms with Crippen molar-refractivity contribution in [3.63, 3.8) is 0 Å². The van der Waals surface area contributed by atoms with Crippen LogP contribution in [0.3, 0.4) is 0 Å². The van der Waals surface area contributed by atoms with Gasteiger partial charge >= 0.3 is 5.97 Å². The van der Waals surface area contributed by atoms with E-state index in [0.717, 1.165) is 5.56 Å². The van der Waals surface area contributed by atoms with E-state index in [-0.39, 0.29) is 18.3 Å². The minimum Gasteiger partial charge on any atom is -0.456 e. The number of benzene rings is 2. The number of esters is 1. The summed E-state index contributed by atoms with van der Waals surface area (Å²) in [6, 6.07) is 12.5. The highest BCUT2D eigenvalue weighted by Crippen LogP contribution is 2.12. The van der Waals surface area contributed by atoms with Crippen LogP contribution in [0.25, 0.3) is 0 Å². The Morgan fingerprint density at radius 1 is 0.963 bits per heavy atom. The van der Waals surface area contributed by atoms with Crippen LogP contribution in [-0.2, 0) is 9.53 Å². The van der Waals surface area contributed by atoms with E-state index in [4.69, 9.17) is 16.3 Å². The SMILES string of the molecule is Cc1ccc(C(=O)COC(=O)C(NC(=O)c2ccc(Cl)cc2)C(C)C)cc1. The van der Waals surface area contributed by atoms with E-state index in [1.165, 1.54) is 0 Å². The maximum Gasteiger partial charge on any atom is 0.329 e. The van der Waals surface area contributed by atoms with Gasteiger partial charge in [-0.05, 0) is 37.1 Å². The molecule has 0 aromatic heterocycles. The summed E-state index contributed by atoms with van der Waals surface area (Å²) in [4.78, 5) is 36.9. The van der Waals surface area contributed by atoms with Gasteiger partial charge < -0.3 is 10.1 Å². The van der Waals surface area contributed by atoms with Crippen LogP contribution in [0.5, 0.6) is 0 Å². The topological polar surface area (TPSA) is 72.5 Å². The van der Waals surface area contributed by atoms with Crippen LogP contribution < -0.4 is 5.32 Å². The molecule has 1 N–H and O–H groups in total. The van der Waals surface area contributed by atoms with Gasteiger partial charge in [0.1, 0.15) is 6.04 Å². The number of halogens is 1. The Labute approximate surface area is 163 Å². The molecule has 1 unspecified atom stereocenters. The van der Waals surface area contributed by atoms with E-state index in [0.29, 0.717) is 16.1 Å². The first kappa shape index (κ1) is 20.6. The molecule has 0 heterocycles. The number of aryl methyl sites for hydroxylation is 1. The molecule has 0 aliphatic carbocycles. The maximum atomic E-state index is 12.4. The van der Waals surface area contributed by atoms with Gasteiger partial charge in [-0.3, -0.25) is 9.59 Å². The van der Waals surface area contributed by atoms with Crippen LogP contribution in [0, 0.1) is 12.8 Å². The molecule has 5 nitrogen and oxygen atoms in total. The lowest BCUT2D eigenvalue weighted by Crippen LogP contribution is -2.45. The third-order valence-electron chi connectivity index (χ3n) is 4.03. The highest BCUT2D eigenvalue weighted by molar-refractivity contribution is 6.30. The Bertz CT molecular complexity index is 813. The van der Waals surface area contributed by atoms with Gasteiger partial charge in [0.2, 0.25) is 0 Å². The zero-order valence-electron chi connectivity index (χ0n) is 15.5. The van der Waals surface area contributed by atoms with Crippen LogP contribution in [0.4, 0.5) is 0 Å². The van der Waals surface area contributed by atoms with E-state index < -0.39 is 17.9 Å². The van der Waals surface area contributed by atoms with Crippen LogP contribution in [0.2, 0.25) is 5.02 Å². The van der Waals surface area contributed by atoms with Gasteiger partial charge in [0.05, 0.1) is 0 Å². The van der Waals surface area contributed by atoms with Gasteiger partial charge in [0, 0.05) is 16.1 Å². The Balaban J connectivity index is 1.97. The molecule has 1 atom stereocenters. The van der Waals surface area contributed by atoms with Gasteiger partial charge in [-0.1, -0.05) is 55.3 Å². The van der Waals surface area contributed by atoms with E-state index in [9.17, 15) is 14.4 Å². The lowest BCUT2D eigenvalue weighted by molar-refractivity contribution is -0.145. The standard InChI is InChI=1S/C21H22ClNO4/c1-13(2)19(23-20(25)16-8-10-17(22)11-9-16)21(26)27-12-18(24)15-6-4-14(3)5-7-15/h4-11,13,19H,12H2,1-3H3,(H,23,25). The molecule has 2 rings (SSSR count). The quantitative estimate of drug-likeness (QED) is 0.579. The molecule has 6 heteroatoms. The zero-order valence-corrected chi connectivity index (χ0v) is 16.2. The number of carbonyl (C=O) groups is 3. The average molecular weight is 388 g/mol. The second kappa shape index (κ2) is 9.33. The molecule has 0 fully saturated rings. The molecule has 0 aliphatic heterocycles. The van der Waals surface area contributed by atoms with E-state index in [1.807, 2.05) is 19.1 Å². The number of ether oxygens (including phenoxy) is 1. The maximum absolute atomic E-state index is 12.4. The van der Waals surface area contributed by atoms with E-state index in [2.05, 4.69) is 5.32 Å². The van der Waals surface area contributed by atoms with Crippen molar-refractivity contribution in [2.45, 2.75) is 26.8 Å². The summed E-state index contributed by atoms with van der Waals surface area (Å²) in [6.45, 7) is 5.12. The van der Waals surface area contributed by atoms with Gasteiger partial charge in [0.25, 0.3) is 5.91 Å². The van der Waals surface area contributed by atoms with Gasteiger partial charge in [-0.25, -0.2) is 4.79 Å². The second-order valence-electron chi connectivity index (χ2n) is 6.60. The van der Waals surface area contributed by atoms with Crippen molar-refractivity contribution in [1.29, 1.82) is 0 Å². The number of Topliss-reactive ketones (excluding diaryl/α,β-unsaturated/α-hetero) is 1. The first-order chi connectivity index (χ1) is 12.8. The Kier molecular flexibility index (Phi) is 7.13. The monoisotopic (exact) mass is 387 g/mol.